The van der Waals surface area contributed by atoms with Crippen molar-refractivity contribution in [1.82, 2.24) is 24.6 Å². The molecule has 9 nitrogen and oxygen atoms in total. The molecule has 1 aliphatic rings. The van der Waals surface area contributed by atoms with E-state index in [2.05, 4.69) is 37.2 Å². The van der Waals surface area contributed by atoms with Gasteiger partial charge in [0.25, 0.3) is 0 Å². The van der Waals surface area contributed by atoms with Gasteiger partial charge >= 0.3 is 0 Å². The van der Waals surface area contributed by atoms with Crippen LogP contribution in [0.15, 0.2) is 53.9 Å². The second-order valence-corrected chi connectivity index (χ2v) is 10.7. The zero-order chi connectivity index (χ0) is 24.6. The first-order chi connectivity index (χ1) is 16.8. The molecule has 1 aromatic carbocycles. The largest absolute Gasteiger partial charge is 0.341 e. The van der Waals surface area contributed by atoms with Crippen LogP contribution in [0.4, 0.5) is 21.8 Å². The fraction of sp³-hybridized carbons (Fsp3) is 0.333. The minimum absolute atomic E-state index is 0.0728. The average Bonchev–Trinajstić information content (AvgIpc) is 3.30. The Hall–Kier alpha value is -3.60. The number of anilines is 3. The summed E-state index contributed by atoms with van der Waals surface area (Å²) in [4.78, 5) is 15.4. The molecule has 1 aliphatic heterocycles. The van der Waals surface area contributed by atoms with Crippen molar-refractivity contribution in [3.8, 4) is 0 Å². The second kappa shape index (κ2) is 9.21. The van der Waals surface area contributed by atoms with Gasteiger partial charge in [-0.2, -0.15) is 5.10 Å². The van der Waals surface area contributed by atoms with Crippen molar-refractivity contribution in [3.63, 3.8) is 0 Å². The molecular weight excluding hydrogens is 469 g/mol. The van der Waals surface area contributed by atoms with Crippen LogP contribution in [0, 0.1) is 5.82 Å². The Morgan fingerprint density at radius 1 is 1.09 bits per heavy atom. The molecule has 4 aromatic rings. The van der Waals surface area contributed by atoms with E-state index >= 15 is 0 Å². The van der Waals surface area contributed by atoms with Crippen LogP contribution < -0.4 is 10.2 Å². The molecule has 0 amide bonds. The van der Waals surface area contributed by atoms with Gasteiger partial charge in [-0.15, -0.1) is 0 Å². The summed E-state index contributed by atoms with van der Waals surface area (Å²) in [6, 6.07) is 7.73. The summed E-state index contributed by atoms with van der Waals surface area (Å²) in [7, 11) is -3.49. The number of rotatable bonds is 6. The van der Waals surface area contributed by atoms with Crippen molar-refractivity contribution in [1.29, 1.82) is 0 Å². The summed E-state index contributed by atoms with van der Waals surface area (Å²) < 4.78 is 39.8. The van der Waals surface area contributed by atoms with Gasteiger partial charge in [0, 0.05) is 43.4 Å². The summed E-state index contributed by atoms with van der Waals surface area (Å²) in [6.07, 6.45) is 9.03. The molecule has 182 valence electrons. The summed E-state index contributed by atoms with van der Waals surface area (Å²) in [5.74, 6) is 0.840. The molecule has 0 saturated carbocycles. The number of hydrogen-bond donors (Lipinski definition) is 1. The third-order valence-electron chi connectivity index (χ3n) is 6.40. The first-order valence-corrected chi connectivity index (χ1v) is 13.4. The third-order valence-corrected chi connectivity index (χ3v) is 7.51. The van der Waals surface area contributed by atoms with E-state index in [-0.39, 0.29) is 10.6 Å². The van der Waals surface area contributed by atoms with Crippen LogP contribution in [0.3, 0.4) is 0 Å². The minimum Gasteiger partial charge on any atom is -0.341 e. The molecule has 1 saturated heterocycles. The molecule has 0 radical (unpaired) electrons. The van der Waals surface area contributed by atoms with E-state index in [0.717, 1.165) is 67.4 Å². The fourth-order valence-electron chi connectivity index (χ4n) is 4.38. The lowest BCUT2D eigenvalue weighted by molar-refractivity contribution is 0.483. The van der Waals surface area contributed by atoms with E-state index in [1.54, 1.807) is 0 Å². The molecule has 35 heavy (non-hydrogen) atoms. The van der Waals surface area contributed by atoms with Gasteiger partial charge in [-0.1, -0.05) is 6.92 Å². The quantitative estimate of drug-likeness (QED) is 0.431. The van der Waals surface area contributed by atoms with Crippen LogP contribution in [0.25, 0.3) is 5.52 Å². The van der Waals surface area contributed by atoms with Crippen LogP contribution in [-0.4, -0.2) is 52.3 Å². The molecule has 5 rings (SSSR count). The Morgan fingerprint density at radius 3 is 2.49 bits per heavy atom. The topological polar surface area (TPSA) is 105 Å². The Morgan fingerprint density at radius 2 is 1.83 bits per heavy atom. The van der Waals surface area contributed by atoms with E-state index in [9.17, 15) is 12.8 Å². The Bertz CT molecular complexity index is 1460. The molecule has 4 heterocycles. The van der Waals surface area contributed by atoms with Crippen molar-refractivity contribution in [2.45, 2.75) is 37.0 Å². The molecule has 0 spiro atoms. The van der Waals surface area contributed by atoms with Crippen molar-refractivity contribution in [3.05, 3.63) is 66.1 Å². The van der Waals surface area contributed by atoms with Gasteiger partial charge in [-0.3, -0.25) is 0 Å². The Kier molecular flexibility index (Phi) is 6.10. The van der Waals surface area contributed by atoms with Crippen molar-refractivity contribution in [2.75, 3.05) is 29.6 Å². The number of hydrogen-bond acceptors (Lipinski definition) is 8. The maximum atomic E-state index is 14.6. The number of fused-ring (bicyclic) bond motifs is 1. The lowest BCUT2D eigenvalue weighted by Gasteiger charge is -2.31. The van der Waals surface area contributed by atoms with Crippen molar-refractivity contribution >= 4 is 32.8 Å². The first-order valence-electron chi connectivity index (χ1n) is 11.5. The molecule has 0 bridgehead atoms. The normalized spacial score (nSPS) is 15.0. The maximum Gasteiger partial charge on any atom is 0.225 e. The predicted octanol–water partition coefficient (Wildman–Crippen LogP) is 3.75. The van der Waals surface area contributed by atoms with Crippen molar-refractivity contribution in [2.24, 2.45) is 0 Å². The highest BCUT2D eigenvalue weighted by Gasteiger charge is 2.25. The highest BCUT2D eigenvalue weighted by Crippen LogP contribution is 2.32. The lowest BCUT2D eigenvalue weighted by Crippen LogP contribution is -2.34. The van der Waals surface area contributed by atoms with Gasteiger partial charge in [0.2, 0.25) is 5.95 Å². The van der Waals surface area contributed by atoms with E-state index in [4.69, 9.17) is 0 Å². The highest BCUT2D eigenvalue weighted by atomic mass is 32.2. The van der Waals surface area contributed by atoms with Crippen LogP contribution >= 0.6 is 0 Å². The zero-order valence-corrected chi connectivity index (χ0v) is 20.3. The second-order valence-electron chi connectivity index (χ2n) is 8.71. The van der Waals surface area contributed by atoms with Gasteiger partial charge in [0.1, 0.15) is 17.7 Å². The standard InChI is InChI=1S/C24H26FN7O2S/c1-3-16-13-26-24(27-14-16)31-10-8-17(9-11-31)21-6-7-22-23(28-15-29-32(21)22)30-20-5-4-18(12-19(20)25)35(2,33)34/h4-7,12-15,17H,3,8-11H2,1-2H3,(H,28,29,30). The molecule has 1 fully saturated rings. The Labute approximate surface area is 203 Å². The molecule has 3 aromatic heterocycles. The smallest absolute Gasteiger partial charge is 0.225 e. The first kappa shape index (κ1) is 23.2. The molecular formula is C24H26FN7O2S. The van der Waals surface area contributed by atoms with Gasteiger partial charge < -0.3 is 10.2 Å². The number of sulfone groups is 1. The summed E-state index contributed by atoms with van der Waals surface area (Å²) >= 11 is 0. The highest BCUT2D eigenvalue weighted by molar-refractivity contribution is 7.90. The van der Waals surface area contributed by atoms with Crippen LogP contribution in [0.1, 0.15) is 36.9 Å². The number of nitrogens with one attached hydrogen (secondary N) is 1. The van der Waals surface area contributed by atoms with Crippen molar-refractivity contribution < 1.29 is 12.8 Å². The fourth-order valence-corrected chi connectivity index (χ4v) is 5.02. The zero-order valence-electron chi connectivity index (χ0n) is 19.5. The van der Waals surface area contributed by atoms with Gasteiger partial charge in [0.15, 0.2) is 15.7 Å². The molecule has 0 unspecified atom stereocenters. The van der Waals surface area contributed by atoms with E-state index in [0.29, 0.717) is 11.7 Å². The van der Waals surface area contributed by atoms with E-state index in [1.165, 1.54) is 18.5 Å². The number of benzene rings is 1. The monoisotopic (exact) mass is 495 g/mol. The molecule has 11 heteroatoms. The number of aromatic nitrogens is 5. The van der Waals surface area contributed by atoms with Crippen LogP contribution in [0.2, 0.25) is 0 Å². The summed E-state index contributed by atoms with van der Waals surface area (Å²) in [6.45, 7) is 3.77. The van der Waals surface area contributed by atoms with Crippen LogP contribution in [0.5, 0.6) is 0 Å². The third kappa shape index (κ3) is 4.68. The number of aryl methyl sites for hydroxylation is 1. The van der Waals surface area contributed by atoms with Gasteiger partial charge in [-0.25, -0.2) is 32.3 Å². The van der Waals surface area contributed by atoms with E-state index < -0.39 is 15.7 Å². The molecule has 1 N–H and O–H groups in total. The summed E-state index contributed by atoms with van der Waals surface area (Å²) in [5, 5.41) is 7.42. The van der Waals surface area contributed by atoms with Gasteiger partial charge in [0.05, 0.1) is 10.6 Å². The average molecular weight is 496 g/mol. The van der Waals surface area contributed by atoms with Crippen LogP contribution in [-0.2, 0) is 16.3 Å². The minimum atomic E-state index is -3.49. The number of nitrogens with zero attached hydrogens (tertiary/aromatic N) is 6. The molecule has 0 aliphatic carbocycles. The Balaban J connectivity index is 1.34. The SMILES string of the molecule is CCc1cnc(N2CCC(c3ccc4c(Nc5ccc(S(C)(=O)=O)cc5F)ncnn34)CC2)nc1. The molecule has 0 atom stereocenters. The number of halogens is 1. The lowest BCUT2D eigenvalue weighted by atomic mass is 9.94. The number of piperidine rings is 1. The maximum absolute atomic E-state index is 14.6. The summed E-state index contributed by atoms with van der Waals surface area (Å²) in [5.41, 5.74) is 3.05. The van der Waals surface area contributed by atoms with Gasteiger partial charge in [-0.05, 0) is 55.2 Å². The van der Waals surface area contributed by atoms with E-state index in [1.807, 2.05) is 29.0 Å². The predicted molar refractivity (Wildman–Crippen MR) is 131 cm³/mol.